The number of hydrogen-bond donors (Lipinski definition) is 1. The lowest BCUT2D eigenvalue weighted by atomic mass is 10.0. The Hall–Kier alpha value is -1.20. The summed E-state index contributed by atoms with van der Waals surface area (Å²) in [6.07, 6.45) is 1.84. The van der Waals surface area contributed by atoms with Gasteiger partial charge in [-0.3, -0.25) is 4.68 Å². The van der Waals surface area contributed by atoms with E-state index in [1.54, 1.807) is 23.9 Å². The summed E-state index contributed by atoms with van der Waals surface area (Å²) in [6, 6.07) is 6.89. The molecule has 0 spiro atoms. The van der Waals surface area contributed by atoms with Crippen molar-refractivity contribution in [2.24, 2.45) is 7.05 Å². The summed E-state index contributed by atoms with van der Waals surface area (Å²) in [5.74, 6) is -0.252. The van der Waals surface area contributed by atoms with Crippen LogP contribution in [0.15, 0.2) is 34.9 Å². The molecule has 0 aliphatic rings. The molecule has 0 aliphatic heterocycles. The molecule has 0 aliphatic carbocycles. The van der Waals surface area contributed by atoms with Crippen molar-refractivity contribution >= 4 is 15.9 Å². The predicted molar refractivity (Wildman–Crippen MR) is 68.2 cm³/mol. The maximum Gasteiger partial charge on any atom is 0.142 e. The third-order valence-electron chi connectivity index (χ3n) is 2.61. The Kier molecular flexibility index (Phi) is 3.59. The van der Waals surface area contributed by atoms with Gasteiger partial charge in [0.25, 0.3) is 0 Å². The minimum absolute atomic E-state index is 0.242. The molecule has 1 aromatic heterocycles. The van der Waals surface area contributed by atoms with Crippen molar-refractivity contribution in [1.82, 2.24) is 15.1 Å². The highest BCUT2D eigenvalue weighted by Gasteiger charge is 2.19. The van der Waals surface area contributed by atoms with E-state index >= 15 is 0 Å². The van der Waals surface area contributed by atoms with Gasteiger partial charge in [-0.05, 0) is 35.1 Å². The van der Waals surface area contributed by atoms with Gasteiger partial charge < -0.3 is 5.32 Å². The van der Waals surface area contributed by atoms with Crippen LogP contribution >= 0.6 is 15.9 Å². The first-order valence-electron chi connectivity index (χ1n) is 5.24. The maximum atomic E-state index is 14.0. The largest absolute Gasteiger partial charge is 0.308 e. The van der Waals surface area contributed by atoms with Gasteiger partial charge in [-0.15, -0.1) is 0 Å². The number of nitrogens with one attached hydrogen (secondary N) is 1. The highest BCUT2D eigenvalue weighted by Crippen LogP contribution is 2.27. The number of rotatable bonds is 3. The molecule has 2 rings (SSSR count). The summed E-state index contributed by atoms with van der Waals surface area (Å²) in [7, 11) is 3.63. The second-order valence-electron chi connectivity index (χ2n) is 3.78. The number of aryl methyl sites for hydroxylation is 1. The smallest absolute Gasteiger partial charge is 0.142 e. The average Bonchev–Trinajstić information content (AvgIpc) is 2.72. The van der Waals surface area contributed by atoms with Gasteiger partial charge in [0, 0.05) is 18.8 Å². The fourth-order valence-electron chi connectivity index (χ4n) is 1.79. The molecule has 17 heavy (non-hydrogen) atoms. The van der Waals surface area contributed by atoms with E-state index in [1.165, 1.54) is 0 Å². The van der Waals surface area contributed by atoms with E-state index in [0.717, 1.165) is 5.69 Å². The molecule has 0 saturated carbocycles. The van der Waals surface area contributed by atoms with E-state index in [2.05, 4.69) is 26.3 Å². The van der Waals surface area contributed by atoms with Gasteiger partial charge in [-0.25, -0.2) is 4.39 Å². The maximum absolute atomic E-state index is 14.0. The third kappa shape index (κ3) is 2.40. The summed E-state index contributed by atoms with van der Waals surface area (Å²) in [5, 5.41) is 7.38. The second-order valence-corrected chi connectivity index (χ2v) is 4.63. The van der Waals surface area contributed by atoms with E-state index in [4.69, 9.17) is 0 Å². The topological polar surface area (TPSA) is 29.9 Å². The zero-order chi connectivity index (χ0) is 12.4. The number of halogens is 2. The fraction of sp³-hybridized carbons (Fsp3) is 0.250. The molecule has 1 heterocycles. The molecule has 5 heteroatoms. The summed E-state index contributed by atoms with van der Waals surface area (Å²) in [5.41, 5.74) is 1.38. The van der Waals surface area contributed by atoms with E-state index in [1.807, 2.05) is 25.4 Å². The zero-order valence-electron chi connectivity index (χ0n) is 9.61. The Morgan fingerprint density at radius 1 is 1.41 bits per heavy atom. The van der Waals surface area contributed by atoms with Gasteiger partial charge >= 0.3 is 0 Å². The van der Waals surface area contributed by atoms with Crippen LogP contribution in [0.1, 0.15) is 17.3 Å². The number of nitrogens with zero attached hydrogens (tertiary/aromatic N) is 2. The molecule has 0 bridgehead atoms. The van der Waals surface area contributed by atoms with Crippen LogP contribution in [0.25, 0.3) is 0 Å². The third-order valence-corrected chi connectivity index (χ3v) is 3.22. The van der Waals surface area contributed by atoms with Crippen LogP contribution in [0.5, 0.6) is 0 Å². The lowest BCUT2D eigenvalue weighted by Gasteiger charge is -2.15. The Labute approximate surface area is 108 Å². The molecule has 1 unspecified atom stereocenters. The number of benzene rings is 1. The molecular weight excluding hydrogens is 285 g/mol. The Morgan fingerprint density at radius 3 is 2.76 bits per heavy atom. The molecule has 0 fully saturated rings. The Bertz CT molecular complexity index is 524. The van der Waals surface area contributed by atoms with Crippen LogP contribution in [-0.2, 0) is 7.05 Å². The quantitative estimate of drug-likeness (QED) is 0.944. The van der Waals surface area contributed by atoms with Crippen LogP contribution in [0, 0.1) is 5.82 Å². The summed E-state index contributed by atoms with van der Waals surface area (Å²) >= 11 is 3.19. The van der Waals surface area contributed by atoms with Gasteiger partial charge in [0.1, 0.15) is 5.82 Å². The molecule has 0 amide bonds. The molecule has 0 radical (unpaired) electrons. The second kappa shape index (κ2) is 4.98. The highest BCUT2D eigenvalue weighted by molar-refractivity contribution is 9.10. The standard InChI is InChI=1S/C12H13BrFN3/c1-15-12(10-6-7-17(2)16-10)8-4-3-5-9(13)11(8)14/h3-7,12,15H,1-2H3. The van der Waals surface area contributed by atoms with E-state index in [-0.39, 0.29) is 11.9 Å². The lowest BCUT2D eigenvalue weighted by Crippen LogP contribution is -2.19. The molecule has 2 aromatic rings. The highest BCUT2D eigenvalue weighted by atomic mass is 79.9. The first-order chi connectivity index (χ1) is 8.13. The normalized spacial score (nSPS) is 12.7. The minimum Gasteiger partial charge on any atom is -0.308 e. The van der Waals surface area contributed by atoms with Crippen LogP contribution in [-0.4, -0.2) is 16.8 Å². The summed E-state index contributed by atoms with van der Waals surface area (Å²) in [4.78, 5) is 0. The van der Waals surface area contributed by atoms with Gasteiger partial charge in [-0.2, -0.15) is 5.10 Å². The Balaban J connectivity index is 2.45. The van der Waals surface area contributed by atoms with Crippen molar-refractivity contribution in [2.75, 3.05) is 7.05 Å². The van der Waals surface area contributed by atoms with Crippen molar-refractivity contribution in [3.05, 3.63) is 52.0 Å². The van der Waals surface area contributed by atoms with E-state index in [9.17, 15) is 4.39 Å². The number of aromatic nitrogens is 2. The van der Waals surface area contributed by atoms with Crippen LogP contribution in [0.2, 0.25) is 0 Å². The molecule has 1 N–H and O–H groups in total. The van der Waals surface area contributed by atoms with Crippen LogP contribution < -0.4 is 5.32 Å². The van der Waals surface area contributed by atoms with E-state index < -0.39 is 0 Å². The summed E-state index contributed by atoms with van der Waals surface area (Å²) in [6.45, 7) is 0. The fourth-order valence-corrected chi connectivity index (χ4v) is 2.17. The van der Waals surface area contributed by atoms with Crippen molar-refractivity contribution in [2.45, 2.75) is 6.04 Å². The van der Waals surface area contributed by atoms with Crippen molar-refractivity contribution in [3.63, 3.8) is 0 Å². The van der Waals surface area contributed by atoms with Crippen molar-refractivity contribution in [1.29, 1.82) is 0 Å². The SMILES string of the molecule is CNC(c1ccn(C)n1)c1cccc(Br)c1F. The molecule has 1 aromatic carbocycles. The molecule has 1 atom stereocenters. The van der Waals surface area contributed by atoms with Crippen molar-refractivity contribution < 1.29 is 4.39 Å². The first-order valence-corrected chi connectivity index (χ1v) is 6.03. The van der Waals surface area contributed by atoms with Crippen LogP contribution in [0.4, 0.5) is 4.39 Å². The van der Waals surface area contributed by atoms with Gasteiger partial charge in [0.2, 0.25) is 0 Å². The van der Waals surface area contributed by atoms with Gasteiger partial charge in [0.15, 0.2) is 0 Å². The monoisotopic (exact) mass is 297 g/mol. The summed E-state index contributed by atoms with van der Waals surface area (Å²) < 4.78 is 16.2. The Morgan fingerprint density at radius 2 is 2.18 bits per heavy atom. The van der Waals surface area contributed by atoms with Gasteiger partial charge in [-0.1, -0.05) is 12.1 Å². The minimum atomic E-state index is -0.252. The molecule has 90 valence electrons. The molecule has 3 nitrogen and oxygen atoms in total. The first kappa shape index (κ1) is 12.3. The van der Waals surface area contributed by atoms with Crippen LogP contribution in [0.3, 0.4) is 0 Å². The lowest BCUT2D eigenvalue weighted by molar-refractivity contribution is 0.560. The van der Waals surface area contributed by atoms with Crippen molar-refractivity contribution in [3.8, 4) is 0 Å². The van der Waals surface area contributed by atoms with Gasteiger partial charge in [0.05, 0.1) is 16.2 Å². The zero-order valence-corrected chi connectivity index (χ0v) is 11.2. The number of hydrogen-bond acceptors (Lipinski definition) is 2. The molecular formula is C12H13BrFN3. The average molecular weight is 298 g/mol. The predicted octanol–water partition coefficient (Wildman–Crippen LogP) is 2.63. The molecule has 0 saturated heterocycles. The van der Waals surface area contributed by atoms with E-state index in [0.29, 0.717) is 10.0 Å².